The maximum Gasteiger partial charge on any atom is 0.161 e. The van der Waals surface area contributed by atoms with Gasteiger partial charge >= 0.3 is 0 Å². The average molecular weight is 512 g/mol. The second-order valence-electron chi connectivity index (χ2n) is 6.90. The van der Waals surface area contributed by atoms with Crippen LogP contribution in [-0.2, 0) is 23.7 Å². The summed E-state index contributed by atoms with van der Waals surface area (Å²) in [6.45, 7) is 1.22. The molecule has 158 valence electrons. The normalized spacial score (nSPS) is 25.3. The highest BCUT2D eigenvalue weighted by Gasteiger charge is 2.34. The van der Waals surface area contributed by atoms with Crippen molar-refractivity contribution in [2.45, 2.75) is 37.4 Å². The van der Waals surface area contributed by atoms with Crippen LogP contribution in [0.5, 0.6) is 0 Å². The topological polar surface area (TPSA) is 46.2 Å². The van der Waals surface area contributed by atoms with Crippen molar-refractivity contribution in [3.8, 4) is 0 Å². The molecular formula is C23H29IO5. The van der Waals surface area contributed by atoms with Crippen molar-refractivity contribution in [2.24, 2.45) is 0 Å². The van der Waals surface area contributed by atoms with Gasteiger partial charge in [0.25, 0.3) is 0 Å². The number of hydrogen-bond acceptors (Lipinski definition) is 5. The van der Waals surface area contributed by atoms with Gasteiger partial charge in [0, 0.05) is 18.0 Å². The summed E-state index contributed by atoms with van der Waals surface area (Å²) in [6, 6.07) is 20.5. The van der Waals surface area contributed by atoms with Crippen molar-refractivity contribution in [3.63, 3.8) is 0 Å². The fourth-order valence-corrected chi connectivity index (χ4v) is 3.97. The van der Waals surface area contributed by atoms with E-state index in [0.29, 0.717) is 13.2 Å². The van der Waals surface area contributed by atoms with E-state index in [1.807, 2.05) is 36.4 Å². The van der Waals surface area contributed by atoms with Crippen molar-refractivity contribution in [1.82, 2.24) is 0 Å². The van der Waals surface area contributed by atoms with Crippen LogP contribution in [0.25, 0.3) is 0 Å². The maximum absolute atomic E-state index is 6.56. The largest absolute Gasteiger partial charge is 0.382 e. The average Bonchev–Trinajstić information content (AvgIpc) is 2.76. The van der Waals surface area contributed by atoms with Gasteiger partial charge in [-0.25, -0.2) is 0 Å². The predicted molar refractivity (Wildman–Crippen MR) is 120 cm³/mol. The molecule has 0 saturated carbocycles. The van der Waals surface area contributed by atoms with Gasteiger partial charge in [0.15, 0.2) is 6.29 Å². The highest BCUT2D eigenvalue weighted by molar-refractivity contribution is 14.1. The quantitative estimate of drug-likeness (QED) is 0.204. The molecule has 1 heterocycles. The molecular weight excluding hydrogens is 483 g/mol. The molecule has 2 aromatic carbocycles. The van der Waals surface area contributed by atoms with Gasteiger partial charge in [0.2, 0.25) is 0 Å². The lowest BCUT2D eigenvalue weighted by atomic mass is 9.96. The fourth-order valence-electron chi connectivity index (χ4n) is 3.33. The fraction of sp³-hybridized carbons (Fsp3) is 0.478. The van der Waals surface area contributed by atoms with E-state index in [4.69, 9.17) is 23.7 Å². The molecule has 4 atom stereocenters. The van der Waals surface area contributed by atoms with Gasteiger partial charge in [-0.05, 0) is 17.5 Å². The van der Waals surface area contributed by atoms with Crippen LogP contribution in [0.15, 0.2) is 60.7 Å². The SMILES string of the molecule is COCCOCO[C@H]1CC[C@@H](CI)O[C@H](c2ccccc2)[C@@H](c2ccccc2)O1. The summed E-state index contributed by atoms with van der Waals surface area (Å²) in [6.07, 6.45) is 0.926. The second-order valence-corrected chi connectivity index (χ2v) is 7.78. The van der Waals surface area contributed by atoms with Gasteiger partial charge in [-0.2, -0.15) is 0 Å². The minimum absolute atomic E-state index is 0.136. The van der Waals surface area contributed by atoms with Gasteiger partial charge in [0.05, 0.1) is 19.3 Å². The Bertz CT molecular complexity index is 684. The number of ether oxygens (including phenoxy) is 5. The zero-order valence-electron chi connectivity index (χ0n) is 16.7. The molecule has 1 fully saturated rings. The highest BCUT2D eigenvalue weighted by atomic mass is 127. The molecule has 0 amide bonds. The van der Waals surface area contributed by atoms with E-state index in [2.05, 4.69) is 46.9 Å². The standard InChI is InChI=1S/C23H29IO5/c1-25-14-15-26-17-27-21-13-12-20(16-24)28-22(18-8-4-2-5-9-18)23(29-21)19-10-6-3-7-11-19/h2-11,20-23H,12-17H2,1H3/t20-,21+,22+,23+/m0/s1. The Balaban J connectivity index is 1.81. The number of hydrogen-bond donors (Lipinski definition) is 0. The first-order chi connectivity index (χ1) is 14.3. The van der Waals surface area contributed by atoms with E-state index in [1.165, 1.54) is 0 Å². The monoisotopic (exact) mass is 512 g/mol. The summed E-state index contributed by atoms with van der Waals surface area (Å²) in [7, 11) is 1.65. The van der Waals surface area contributed by atoms with Crippen molar-refractivity contribution in [2.75, 3.05) is 31.5 Å². The van der Waals surface area contributed by atoms with Gasteiger partial charge in [-0.1, -0.05) is 83.3 Å². The third-order valence-electron chi connectivity index (χ3n) is 4.83. The molecule has 3 rings (SSSR count). The minimum Gasteiger partial charge on any atom is -0.382 e. The molecule has 29 heavy (non-hydrogen) atoms. The van der Waals surface area contributed by atoms with Crippen LogP contribution >= 0.6 is 22.6 Å². The minimum atomic E-state index is -0.358. The molecule has 0 aliphatic carbocycles. The Labute approximate surface area is 186 Å². The van der Waals surface area contributed by atoms with Crippen molar-refractivity contribution < 1.29 is 23.7 Å². The zero-order valence-corrected chi connectivity index (χ0v) is 18.9. The highest BCUT2D eigenvalue weighted by Crippen LogP contribution is 2.40. The summed E-state index contributed by atoms with van der Waals surface area (Å²) in [4.78, 5) is 0. The lowest BCUT2D eigenvalue weighted by Gasteiger charge is -2.36. The van der Waals surface area contributed by atoms with Crippen LogP contribution < -0.4 is 0 Å². The third kappa shape index (κ3) is 7.01. The van der Waals surface area contributed by atoms with E-state index in [-0.39, 0.29) is 31.4 Å². The molecule has 2 aromatic rings. The summed E-state index contributed by atoms with van der Waals surface area (Å²) < 4.78 is 30.4. The lowest BCUT2D eigenvalue weighted by Crippen LogP contribution is -2.33. The molecule has 0 N–H and O–H groups in total. The van der Waals surface area contributed by atoms with E-state index < -0.39 is 0 Å². The number of alkyl halides is 1. The lowest BCUT2D eigenvalue weighted by molar-refractivity contribution is -0.253. The first kappa shape index (κ1) is 22.7. The van der Waals surface area contributed by atoms with E-state index in [0.717, 1.165) is 28.4 Å². The smallest absolute Gasteiger partial charge is 0.161 e. The van der Waals surface area contributed by atoms with Crippen LogP contribution in [-0.4, -0.2) is 43.9 Å². The molecule has 0 spiro atoms. The Morgan fingerprint density at radius 1 is 0.862 bits per heavy atom. The summed E-state index contributed by atoms with van der Waals surface area (Å²) in [5, 5.41) is 0. The van der Waals surface area contributed by atoms with E-state index >= 15 is 0 Å². The summed E-state index contributed by atoms with van der Waals surface area (Å²) in [5.41, 5.74) is 2.18. The Morgan fingerprint density at radius 3 is 2.07 bits per heavy atom. The first-order valence-electron chi connectivity index (χ1n) is 9.97. The Kier molecular flexibility index (Phi) is 9.85. The van der Waals surface area contributed by atoms with Gasteiger partial charge < -0.3 is 23.7 Å². The van der Waals surface area contributed by atoms with Gasteiger partial charge in [0.1, 0.15) is 19.0 Å². The molecule has 0 aromatic heterocycles. The van der Waals surface area contributed by atoms with Crippen molar-refractivity contribution in [3.05, 3.63) is 71.8 Å². The Morgan fingerprint density at radius 2 is 1.48 bits per heavy atom. The van der Waals surface area contributed by atoms with Crippen LogP contribution in [0.4, 0.5) is 0 Å². The second kappa shape index (κ2) is 12.6. The molecule has 5 nitrogen and oxygen atoms in total. The summed E-state index contributed by atoms with van der Waals surface area (Å²) >= 11 is 2.39. The first-order valence-corrected chi connectivity index (χ1v) is 11.5. The number of benzene rings is 2. The van der Waals surface area contributed by atoms with E-state index in [9.17, 15) is 0 Å². The number of halogens is 1. The van der Waals surface area contributed by atoms with Gasteiger partial charge in [-0.3, -0.25) is 0 Å². The van der Waals surface area contributed by atoms with Crippen LogP contribution in [0.1, 0.15) is 36.2 Å². The third-order valence-corrected chi connectivity index (χ3v) is 5.82. The maximum atomic E-state index is 6.56. The zero-order chi connectivity index (χ0) is 20.3. The number of methoxy groups -OCH3 is 1. The molecule has 1 saturated heterocycles. The molecule has 1 aliphatic heterocycles. The summed E-state index contributed by atoms with van der Waals surface area (Å²) in [5.74, 6) is 0. The number of rotatable bonds is 9. The van der Waals surface area contributed by atoms with Crippen LogP contribution in [0.3, 0.4) is 0 Å². The predicted octanol–water partition coefficient (Wildman–Crippen LogP) is 5.06. The molecule has 0 bridgehead atoms. The van der Waals surface area contributed by atoms with E-state index in [1.54, 1.807) is 7.11 Å². The molecule has 1 aliphatic rings. The Hall–Kier alpha value is -1.03. The molecule has 6 heteroatoms. The van der Waals surface area contributed by atoms with Crippen LogP contribution in [0, 0.1) is 0 Å². The molecule has 0 unspecified atom stereocenters. The van der Waals surface area contributed by atoms with Crippen molar-refractivity contribution in [1.29, 1.82) is 0 Å². The van der Waals surface area contributed by atoms with Crippen LogP contribution in [0.2, 0.25) is 0 Å². The molecule has 0 radical (unpaired) electrons. The van der Waals surface area contributed by atoms with Crippen molar-refractivity contribution >= 4 is 22.6 Å². The van der Waals surface area contributed by atoms with Gasteiger partial charge in [-0.15, -0.1) is 0 Å².